The largest absolute Gasteiger partial charge is 0.334 e. The maximum Gasteiger partial charge on any atom is 0.265 e. The van der Waals surface area contributed by atoms with Crippen LogP contribution in [0.4, 0.5) is 5.69 Å². The summed E-state index contributed by atoms with van der Waals surface area (Å²) < 4.78 is 27.5. The fourth-order valence-corrected chi connectivity index (χ4v) is 6.09. The van der Waals surface area contributed by atoms with Crippen molar-refractivity contribution in [3.8, 4) is 0 Å². The van der Waals surface area contributed by atoms with Gasteiger partial charge in [-0.15, -0.1) is 0 Å². The van der Waals surface area contributed by atoms with Crippen LogP contribution in [-0.2, 0) is 14.8 Å². The molecule has 1 unspecified atom stereocenters. The second-order valence-electron chi connectivity index (χ2n) is 7.30. The van der Waals surface area contributed by atoms with Gasteiger partial charge in [-0.1, -0.05) is 54.6 Å². The first kappa shape index (κ1) is 17.3. The van der Waals surface area contributed by atoms with E-state index in [1.54, 1.807) is 18.2 Å². The molecular weight excluding hydrogens is 372 g/mol. The van der Waals surface area contributed by atoms with Crippen LogP contribution in [-0.4, -0.2) is 32.3 Å². The summed E-state index contributed by atoms with van der Waals surface area (Å²) >= 11 is 0. The average molecular weight is 392 g/mol. The zero-order valence-electron chi connectivity index (χ0n) is 15.3. The van der Waals surface area contributed by atoms with E-state index in [0.717, 1.165) is 23.8 Å². The van der Waals surface area contributed by atoms with Crippen molar-refractivity contribution >= 4 is 32.4 Å². The lowest BCUT2D eigenvalue weighted by Crippen LogP contribution is -2.41. The predicted octanol–water partition coefficient (Wildman–Crippen LogP) is 3.71. The minimum atomic E-state index is -3.72. The summed E-state index contributed by atoms with van der Waals surface area (Å²) in [5, 5.41) is 1.58. The molecule has 28 heavy (non-hydrogen) atoms. The summed E-state index contributed by atoms with van der Waals surface area (Å²) in [6.07, 6.45) is 1.83. The highest BCUT2D eigenvalue weighted by Gasteiger charge is 2.39. The summed E-state index contributed by atoms with van der Waals surface area (Å²) in [6, 6.07) is 20.7. The Balaban J connectivity index is 1.48. The van der Waals surface area contributed by atoms with Gasteiger partial charge in [-0.3, -0.25) is 9.10 Å². The molecule has 0 aliphatic carbocycles. The number of hydrogen-bond acceptors (Lipinski definition) is 3. The maximum atomic E-state index is 13.2. The van der Waals surface area contributed by atoms with E-state index in [1.165, 1.54) is 4.31 Å². The van der Waals surface area contributed by atoms with Crippen LogP contribution < -0.4 is 4.31 Å². The average Bonchev–Trinajstić information content (AvgIpc) is 3.28. The van der Waals surface area contributed by atoms with E-state index in [4.69, 9.17) is 0 Å². The van der Waals surface area contributed by atoms with Crippen molar-refractivity contribution in [1.29, 1.82) is 0 Å². The first-order valence-corrected chi connectivity index (χ1v) is 10.9. The van der Waals surface area contributed by atoms with Crippen molar-refractivity contribution in [1.82, 2.24) is 4.90 Å². The molecule has 1 saturated heterocycles. The number of anilines is 1. The summed E-state index contributed by atoms with van der Waals surface area (Å²) in [7, 11) is -3.72. The first-order chi connectivity index (χ1) is 13.6. The molecule has 3 aromatic carbocycles. The van der Waals surface area contributed by atoms with E-state index < -0.39 is 10.0 Å². The van der Waals surface area contributed by atoms with Crippen LogP contribution in [0.2, 0.25) is 0 Å². The topological polar surface area (TPSA) is 57.7 Å². The highest BCUT2D eigenvalue weighted by molar-refractivity contribution is 7.93. The van der Waals surface area contributed by atoms with E-state index in [1.807, 2.05) is 53.4 Å². The van der Waals surface area contributed by atoms with Gasteiger partial charge in [-0.25, -0.2) is 8.42 Å². The van der Waals surface area contributed by atoms with Crippen molar-refractivity contribution in [2.75, 3.05) is 17.4 Å². The molecule has 3 aromatic rings. The Hall–Kier alpha value is -2.86. The Kier molecular flexibility index (Phi) is 3.91. The van der Waals surface area contributed by atoms with Crippen LogP contribution in [0, 0.1) is 0 Å². The summed E-state index contributed by atoms with van der Waals surface area (Å²) in [6.45, 7) is 0.489. The van der Waals surface area contributed by atoms with Crippen molar-refractivity contribution in [3.05, 3.63) is 72.3 Å². The third kappa shape index (κ3) is 2.52. The Labute approximate surface area is 164 Å². The Morgan fingerprint density at radius 2 is 1.71 bits per heavy atom. The van der Waals surface area contributed by atoms with Crippen molar-refractivity contribution in [2.24, 2.45) is 0 Å². The van der Waals surface area contributed by atoms with Gasteiger partial charge >= 0.3 is 0 Å². The molecule has 2 heterocycles. The smallest absolute Gasteiger partial charge is 0.265 e. The molecule has 2 aliphatic rings. The van der Waals surface area contributed by atoms with Crippen molar-refractivity contribution in [2.45, 2.75) is 23.8 Å². The van der Waals surface area contributed by atoms with Gasteiger partial charge in [0, 0.05) is 11.9 Å². The van der Waals surface area contributed by atoms with E-state index >= 15 is 0 Å². The number of amides is 1. The molecule has 1 atom stereocenters. The number of sulfonamides is 1. The van der Waals surface area contributed by atoms with Gasteiger partial charge in [0.25, 0.3) is 10.0 Å². The zero-order valence-corrected chi connectivity index (χ0v) is 16.1. The van der Waals surface area contributed by atoms with E-state index in [2.05, 4.69) is 0 Å². The van der Waals surface area contributed by atoms with Gasteiger partial charge in [0.2, 0.25) is 5.91 Å². The quantitative estimate of drug-likeness (QED) is 0.683. The Morgan fingerprint density at radius 1 is 0.964 bits per heavy atom. The molecule has 1 amide bonds. The highest BCUT2D eigenvalue weighted by atomic mass is 32.2. The molecule has 0 spiro atoms. The van der Waals surface area contributed by atoms with Gasteiger partial charge < -0.3 is 4.90 Å². The monoisotopic (exact) mass is 392 g/mol. The van der Waals surface area contributed by atoms with Crippen LogP contribution in [0.3, 0.4) is 0 Å². The number of hydrogen-bond donors (Lipinski definition) is 0. The molecule has 1 fully saturated rings. The summed E-state index contributed by atoms with van der Waals surface area (Å²) in [5.74, 6) is -0.153. The number of benzene rings is 3. The first-order valence-electron chi connectivity index (χ1n) is 9.46. The van der Waals surface area contributed by atoms with Gasteiger partial charge in [0.05, 0.1) is 16.6 Å². The third-order valence-electron chi connectivity index (χ3n) is 5.72. The lowest BCUT2D eigenvalue weighted by Gasteiger charge is -2.28. The molecule has 6 heteroatoms. The third-order valence-corrected chi connectivity index (χ3v) is 7.52. The number of rotatable bonds is 3. The number of likely N-dealkylation sites (tertiary alicyclic amines) is 1. The lowest BCUT2D eigenvalue weighted by molar-refractivity contribution is -0.130. The van der Waals surface area contributed by atoms with Crippen molar-refractivity contribution < 1.29 is 13.2 Å². The van der Waals surface area contributed by atoms with E-state index in [9.17, 15) is 13.2 Å². The Morgan fingerprint density at radius 3 is 2.50 bits per heavy atom. The number of nitrogens with zero attached hydrogens (tertiary/aromatic N) is 2. The summed E-state index contributed by atoms with van der Waals surface area (Å²) in [5.41, 5.74) is 1.69. The second kappa shape index (κ2) is 6.34. The molecular formula is C22H20N2O3S. The van der Waals surface area contributed by atoms with Gasteiger partial charge in [-0.05, 0) is 35.9 Å². The normalized spacial score (nSPS) is 20.1. The molecule has 142 valence electrons. The van der Waals surface area contributed by atoms with E-state index in [-0.39, 0.29) is 23.4 Å². The highest BCUT2D eigenvalue weighted by Crippen LogP contribution is 2.42. The standard InChI is InChI=1S/C22H20N2O3S/c25-21(23-14-6-12-18(23)16-7-2-1-3-8-16)15-24-19-11-4-9-17-10-5-13-20(22(17)19)28(24,26)27/h1-5,7-11,13,18H,6,12,14-15H2. The number of carbonyl (C=O) groups is 1. The molecule has 5 nitrogen and oxygen atoms in total. The maximum absolute atomic E-state index is 13.2. The molecule has 0 radical (unpaired) electrons. The van der Waals surface area contributed by atoms with Gasteiger partial charge in [-0.2, -0.15) is 0 Å². The fourth-order valence-electron chi connectivity index (χ4n) is 4.43. The molecule has 0 bridgehead atoms. The SMILES string of the molecule is O=C(CN1c2cccc3cccc(c23)S1(=O)=O)N1CCCC1c1ccccc1. The Bertz CT molecular complexity index is 1170. The van der Waals surface area contributed by atoms with Crippen molar-refractivity contribution in [3.63, 3.8) is 0 Å². The second-order valence-corrected chi connectivity index (χ2v) is 9.13. The van der Waals surface area contributed by atoms with Crippen LogP contribution in [0.5, 0.6) is 0 Å². The van der Waals surface area contributed by atoms with Crippen LogP contribution >= 0.6 is 0 Å². The number of carbonyl (C=O) groups excluding carboxylic acids is 1. The van der Waals surface area contributed by atoms with E-state index in [0.29, 0.717) is 17.6 Å². The van der Waals surface area contributed by atoms with Crippen LogP contribution in [0.25, 0.3) is 10.8 Å². The molecule has 5 rings (SSSR count). The molecule has 0 aromatic heterocycles. The minimum absolute atomic E-state index is 0.0113. The van der Waals surface area contributed by atoms with Crippen LogP contribution in [0.1, 0.15) is 24.4 Å². The fraction of sp³-hybridized carbons (Fsp3) is 0.227. The molecule has 2 aliphatic heterocycles. The molecule has 0 saturated carbocycles. The molecule has 0 N–H and O–H groups in total. The van der Waals surface area contributed by atoms with Gasteiger partial charge in [0.1, 0.15) is 6.54 Å². The van der Waals surface area contributed by atoms with Crippen LogP contribution in [0.15, 0.2) is 71.6 Å². The lowest BCUT2D eigenvalue weighted by atomic mass is 10.0. The predicted molar refractivity (Wildman–Crippen MR) is 109 cm³/mol. The minimum Gasteiger partial charge on any atom is -0.334 e. The van der Waals surface area contributed by atoms with Gasteiger partial charge in [0.15, 0.2) is 0 Å². The zero-order chi connectivity index (χ0) is 19.3. The summed E-state index contributed by atoms with van der Waals surface area (Å²) in [4.78, 5) is 15.3.